The molecule has 0 atom stereocenters. The molecular formula is C17H16F3NO5S. The molecule has 6 nitrogen and oxygen atoms in total. The largest absolute Gasteiger partial charge is 0.478 e. The van der Waals surface area contributed by atoms with Crippen LogP contribution in [-0.4, -0.2) is 32.8 Å². The Morgan fingerprint density at radius 3 is 2.37 bits per heavy atom. The van der Waals surface area contributed by atoms with Gasteiger partial charge in [-0.25, -0.2) is 4.79 Å². The van der Waals surface area contributed by atoms with Crippen LogP contribution in [0.5, 0.6) is 0 Å². The Bertz CT molecular complexity index is 896. The number of benzene rings is 2. The summed E-state index contributed by atoms with van der Waals surface area (Å²) in [6.07, 6.45) is -4.12. The van der Waals surface area contributed by atoms with Crippen LogP contribution in [0.3, 0.4) is 0 Å². The van der Waals surface area contributed by atoms with Crippen LogP contribution < -0.4 is 5.32 Å². The van der Waals surface area contributed by atoms with E-state index < -0.39 is 27.8 Å². The van der Waals surface area contributed by atoms with Crippen LogP contribution in [0.2, 0.25) is 0 Å². The molecule has 0 unspecified atom stereocenters. The quantitative estimate of drug-likeness (QED) is 0.400. The van der Waals surface area contributed by atoms with Gasteiger partial charge in [0, 0.05) is 6.54 Å². The highest BCUT2D eigenvalue weighted by atomic mass is 32.2. The maximum atomic E-state index is 12.5. The second kappa shape index (κ2) is 8.51. The van der Waals surface area contributed by atoms with E-state index in [1.807, 2.05) is 0 Å². The molecule has 0 aliphatic heterocycles. The van der Waals surface area contributed by atoms with Gasteiger partial charge in [-0.15, -0.1) is 0 Å². The van der Waals surface area contributed by atoms with E-state index in [1.54, 1.807) is 12.1 Å². The van der Waals surface area contributed by atoms with E-state index in [1.165, 1.54) is 12.1 Å². The first-order valence-corrected chi connectivity index (χ1v) is 9.10. The van der Waals surface area contributed by atoms with Crippen molar-refractivity contribution in [2.75, 3.05) is 13.3 Å². The Morgan fingerprint density at radius 1 is 1.11 bits per heavy atom. The molecular weight excluding hydrogens is 387 g/mol. The van der Waals surface area contributed by atoms with Gasteiger partial charge in [-0.2, -0.15) is 21.6 Å². The lowest BCUT2D eigenvalue weighted by Crippen LogP contribution is -2.23. The number of hydrogen-bond donors (Lipinski definition) is 2. The fourth-order valence-electron chi connectivity index (χ4n) is 2.16. The zero-order valence-electron chi connectivity index (χ0n) is 13.9. The summed E-state index contributed by atoms with van der Waals surface area (Å²) in [5, 5.41) is 11.6. The summed E-state index contributed by atoms with van der Waals surface area (Å²) in [4.78, 5) is 10.5. The first-order valence-electron chi connectivity index (χ1n) is 7.69. The molecule has 0 saturated heterocycles. The van der Waals surface area contributed by atoms with Crippen LogP contribution >= 0.6 is 0 Å². The minimum absolute atomic E-state index is 0.147. The van der Waals surface area contributed by atoms with Crippen LogP contribution in [-0.2, 0) is 26.9 Å². The van der Waals surface area contributed by atoms with Gasteiger partial charge in [-0.05, 0) is 48.4 Å². The molecule has 0 aromatic heterocycles. The van der Waals surface area contributed by atoms with E-state index in [4.69, 9.17) is 9.29 Å². The Balaban J connectivity index is 1.84. The van der Waals surface area contributed by atoms with Crippen LogP contribution in [0.4, 0.5) is 13.2 Å². The SMILES string of the molecule is O=C(O)c1cccc(CCNCOS(=O)(=O)c2ccc(C(F)(F)F)cc2)c1. The Labute approximate surface area is 153 Å². The first kappa shape index (κ1) is 20.9. The van der Waals surface area contributed by atoms with Crippen molar-refractivity contribution in [1.82, 2.24) is 5.32 Å². The van der Waals surface area contributed by atoms with E-state index in [0.717, 1.165) is 17.7 Å². The molecule has 0 radical (unpaired) electrons. The van der Waals surface area contributed by atoms with E-state index >= 15 is 0 Å². The Kier molecular flexibility index (Phi) is 6.58. The number of carbonyl (C=O) groups is 1. The third-order valence-corrected chi connectivity index (χ3v) is 4.83. The summed E-state index contributed by atoms with van der Waals surface area (Å²) in [5.74, 6) is -1.05. The summed E-state index contributed by atoms with van der Waals surface area (Å²) in [6.45, 7) is -0.0619. The zero-order chi connectivity index (χ0) is 20.1. The van der Waals surface area contributed by atoms with Gasteiger partial charge < -0.3 is 5.11 Å². The molecule has 2 aromatic rings. The lowest BCUT2D eigenvalue weighted by molar-refractivity contribution is -0.137. The minimum atomic E-state index is -4.55. The van der Waals surface area contributed by atoms with E-state index in [9.17, 15) is 26.4 Å². The van der Waals surface area contributed by atoms with Crippen molar-refractivity contribution >= 4 is 16.1 Å². The highest BCUT2D eigenvalue weighted by molar-refractivity contribution is 7.86. The first-order chi connectivity index (χ1) is 12.6. The third kappa shape index (κ3) is 6.05. The highest BCUT2D eigenvalue weighted by Crippen LogP contribution is 2.29. The molecule has 146 valence electrons. The van der Waals surface area contributed by atoms with Crippen molar-refractivity contribution in [3.8, 4) is 0 Å². The number of rotatable bonds is 8. The molecule has 10 heteroatoms. The summed E-state index contributed by atoms with van der Waals surface area (Å²) in [7, 11) is -4.19. The van der Waals surface area contributed by atoms with Crippen LogP contribution in [0.25, 0.3) is 0 Å². The molecule has 0 spiro atoms. The Hall–Kier alpha value is -2.43. The molecule has 0 heterocycles. The van der Waals surface area contributed by atoms with Gasteiger partial charge in [0.2, 0.25) is 0 Å². The number of halogens is 3. The molecule has 0 fully saturated rings. The van der Waals surface area contributed by atoms with Crippen molar-refractivity contribution in [3.63, 3.8) is 0 Å². The average Bonchev–Trinajstić information content (AvgIpc) is 2.61. The zero-order valence-corrected chi connectivity index (χ0v) is 14.7. The minimum Gasteiger partial charge on any atom is -0.478 e. The summed E-state index contributed by atoms with van der Waals surface area (Å²) < 4.78 is 66.1. The monoisotopic (exact) mass is 403 g/mol. The average molecular weight is 403 g/mol. The predicted octanol–water partition coefficient (Wildman–Crippen LogP) is 2.90. The molecule has 0 bridgehead atoms. The predicted molar refractivity (Wildman–Crippen MR) is 89.7 cm³/mol. The van der Waals surface area contributed by atoms with Gasteiger partial charge in [0.25, 0.3) is 10.1 Å². The van der Waals surface area contributed by atoms with Crippen molar-refractivity contribution in [3.05, 3.63) is 65.2 Å². The fourth-order valence-corrected chi connectivity index (χ4v) is 3.01. The lowest BCUT2D eigenvalue weighted by Gasteiger charge is -2.09. The number of hydrogen-bond acceptors (Lipinski definition) is 5. The molecule has 2 rings (SSSR count). The fraction of sp³-hybridized carbons (Fsp3) is 0.235. The van der Waals surface area contributed by atoms with Crippen molar-refractivity contribution in [2.24, 2.45) is 0 Å². The number of carboxylic acid groups (broad SMARTS) is 1. The number of nitrogens with one attached hydrogen (secondary N) is 1. The van der Waals surface area contributed by atoms with Crippen molar-refractivity contribution in [2.45, 2.75) is 17.5 Å². The van der Waals surface area contributed by atoms with Gasteiger partial charge in [0.1, 0.15) is 6.73 Å². The van der Waals surface area contributed by atoms with Gasteiger partial charge in [0.05, 0.1) is 16.0 Å². The van der Waals surface area contributed by atoms with Crippen LogP contribution in [0.1, 0.15) is 21.5 Å². The van der Waals surface area contributed by atoms with Gasteiger partial charge >= 0.3 is 12.1 Å². The van der Waals surface area contributed by atoms with Crippen molar-refractivity contribution < 1.29 is 35.7 Å². The lowest BCUT2D eigenvalue weighted by atomic mass is 10.1. The van der Waals surface area contributed by atoms with Crippen LogP contribution in [0, 0.1) is 0 Å². The Morgan fingerprint density at radius 2 is 1.78 bits per heavy atom. The topological polar surface area (TPSA) is 92.7 Å². The molecule has 0 saturated carbocycles. The standard InChI is InChI=1S/C17H16F3NO5S/c18-17(19,20)14-4-6-15(7-5-14)27(24,25)26-11-21-9-8-12-2-1-3-13(10-12)16(22)23/h1-7,10,21H,8-9,11H2,(H,22,23). The summed E-state index contributed by atoms with van der Waals surface area (Å²) in [5.41, 5.74) is -0.0650. The molecule has 2 aromatic carbocycles. The number of carboxylic acids is 1. The number of aromatic carboxylic acids is 1. The van der Waals surface area contributed by atoms with E-state index in [0.29, 0.717) is 25.1 Å². The van der Waals surface area contributed by atoms with Crippen molar-refractivity contribution in [1.29, 1.82) is 0 Å². The summed E-state index contributed by atoms with van der Waals surface area (Å²) >= 11 is 0. The van der Waals surface area contributed by atoms with Crippen LogP contribution in [0.15, 0.2) is 53.4 Å². The highest BCUT2D eigenvalue weighted by Gasteiger charge is 2.30. The second-order valence-corrected chi connectivity index (χ2v) is 7.11. The second-order valence-electron chi connectivity index (χ2n) is 5.49. The molecule has 27 heavy (non-hydrogen) atoms. The smallest absolute Gasteiger partial charge is 0.416 e. The number of alkyl halides is 3. The normalized spacial score (nSPS) is 12.1. The van der Waals surface area contributed by atoms with E-state index in [-0.39, 0.29) is 17.2 Å². The summed E-state index contributed by atoms with van der Waals surface area (Å²) in [6, 6.07) is 9.28. The maximum absolute atomic E-state index is 12.5. The molecule has 2 N–H and O–H groups in total. The maximum Gasteiger partial charge on any atom is 0.416 e. The molecule has 0 aliphatic carbocycles. The molecule has 0 aliphatic rings. The molecule has 0 amide bonds. The van der Waals surface area contributed by atoms with Gasteiger partial charge in [-0.1, -0.05) is 12.1 Å². The van der Waals surface area contributed by atoms with Gasteiger partial charge in [0.15, 0.2) is 0 Å². The van der Waals surface area contributed by atoms with Gasteiger partial charge in [-0.3, -0.25) is 9.50 Å². The van der Waals surface area contributed by atoms with E-state index in [2.05, 4.69) is 5.32 Å². The third-order valence-electron chi connectivity index (χ3n) is 3.55.